The van der Waals surface area contributed by atoms with Crippen molar-refractivity contribution in [2.24, 2.45) is 0 Å². The number of hydrogen-bond acceptors (Lipinski definition) is 3. The highest BCUT2D eigenvalue weighted by atomic mass is 35.5. The number of nitrogens with one attached hydrogen (secondary N) is 1. The Hall–Kier alpha value is -2.20. The molecule has 2 rings (SSSR count). The highest BCUT2D eigenvalue weighted by Crippen LogP contribution is 2.29. The van der Waals surface area contributed by atoms with E-state index >= 15 is 0 Å². The Balaban J connectivity index is 2.08. The molecule has 0 bridgehead atoms. The maximum Gasteiger partial charge on any atom is 0.265 e. The number of carbonyl (C=O) groups is 1. The van der Waals surface area contributed by atoms with Crippen molar-refractivity contribution in [1.82, 2.24) is 0 Å². The van der Waals surface area contributed by atoms with Crippen LogP contribution < -0.4 is 15.8 Å². The number of halogens is 1. The Labute approximate surface area is 148 Å². The predicted molar refractivity (Wildman–Crippen MR) is 99.7 cm³/mol. The molecule has 0 saturated heterocycles. The molecule has 0 spiro atoms. The molecule has 0 aliphatic rings. The van der Waals surface area contributed by atoms with E-state index in [0.29, 0.717) is 22.3 Å². The van der Waals surface area contributed by atoms with Gasteiger partial charge in [0.1, 0.15) is 5.75 Å². The molecule has 0 aliphatic heterocycles. The zero-order chi connectivity index (χ0) is 17.7. The van der Waals surface area contributed by atoms with Crippen LogP contribution in [0.2, 0.25) is 5.02 Å². The first-order valence-electron chi connectivity index (χ1n) is 8.03. The van der Waals surface area contributed by atoms with Crippen molar-refractivity contribution in [3.05, 3.63) is 53.1 Å². The number of nitrogen functional groups attached to an aromatic ring is 1. The minimum absolute atomic E-state index is 0.240. The summed E-state index contributed by atoms with van der Waals surface area (Å²) < 4.78 is 5.89. The summed E-state index contributed by atoms with van der Waals surface area (Å²) >= 11 is 5.89. The molecule has 5 heteroatoms. The summed E-state index contributed by atoms with van der Waals surface area (Å²) in [5, 5.41) is 3.25. The molecule has 4 nitrogen and oxygen atoms in total. The Morgan fingerprint density at radius 3 is 2.62 bits per heavy atom. The van der Waals surface area contributed by atoms with Gasteiger partial charge in [-0.25, -0.2) is 0 Å². The van der Waals surface area contributed by atoms with Crippen LogP contribution >= 0.6 is 11.6 Å². The topological polar surface area (TPSA) is 64.3 Å². The number of hydrogen-bond donors (Lipinski definition) is 2. The van der Waals surface area contributed by atoms with E-state index in [0.717, 1.165) is 17.7 Å². The van der Waals surface area contributed by atoms with E-state index in [1.807, 2.05) is 24.3 Å². The van der Waals surface area contributed by atoms with Crippen LogP contribution in [0.3, 0.4) is 0 Å². The lowest BCUT2D eigenvalue weighted by atomic mass is 9.98. The van der Waals surface area contributed by atoms with Crippen molar-refractivity contribution >= 4 is 28.9 Å². The van der Waals surface area contributed by atoms with E-state index in [4.69, 9.17) is 22.1 Å². The molecule has 0 saturated carbocycles. The Bertz CT molecular complexity index is 718. The van der Waals surface area contributed by atoms with E-state index in [1.54, 1.807) is 25.1 Å². The summed E-state index contributed by atoms with van der Waals surface area (Å²) in [6.07, 6.45) is 0.373. The van der Waals surface area contributed by atoms with E-state index in [9.17, 15) is 4.79 Å². The van der Waals surface area contributed by atoms with Crippen molar-refractivity contribution in [2.45, 2.75) is 39.2 Å². The molecule has 0 aliphatic carbocycles. The van der Waals surface area contributed by atoms with Gasteiger partial charge in [0.15, 0.2) is 6.10 Å². The second-order valence-corrected chi connectivity index (χ2v) is 6.24. The van der Waals surface area contributed by atoms with Gasteiger partial charge in [-0.05, 0) is 49.1 Å². The van der Waals surface area contributed by atoms with Crippen LogP contribution in [0.1, 0.15) is 38.7 Å². The molecule has 2 atom stereocenters. The van der Waals surface area contributed by atoms with Crippen LogP contribution in [-0.4, -0.2) is 12.0 Å². The molecule has 0 fully saturated rings. The highest BCUT2D eigenvalue weighted by molar-refractivity contribution is 6.33. The largest absolute Gasteiger partial charge is 0.481 e. The third-order valence-electron chi connectivity index (χ3n) is 4.00. The van der Waals surface area contributed by atoms with Gasteiger partial charge in [-0.3, -0.25) is 4.79 Å². The third kappa shape index (κ3) is 4.42. The molecular weight excluding hydrogens is 324 g/mol. The number of carbonyl (C=O) groups excluding carboxylic acids is 1. The van der Waals surface area contributed by atoms with Crippen molar-refractivity contribution in [2.75, 3.05) is 11.1 Å². The minimum atomic E-state index is -0.632. The number of nitrogens with two attached hydrogens (primary N) is 1. The molecule has 0 aromatic heterocycles. The molecule has 1 amide bonds. The second-order valence-electron chi connectivity index (χ2n) is 5.83. The van der Waals surface area contributed by atoms with E-state index in [-0.39, 0.29) is 5.91 Å². The summed E-state index contributed by atoms with van der Waals surface area (Å²) in [5.74, 6) is 0.869. The fourth-order valence-electron chi connectivity index (χ4n) is 2.32. The smallest absolute Gasteiger partial charge is 0.265 e. The lowest BCUT2D eigenvalue weighted by Gasteiger charge is -2.19. The summed E-state index contributed by atoms with van der Waals surface area (Å²) in [6, 6.07) is 12.8. The summed E-state index contributed by atoms with van der Waals surface area (Å²) in [4.78, 5) is 12.4. The standard InChI is InChI=1S/C19H23ClN2O2/c1-4-12(2)15-7-5-6-8-18(15)24-13(3)19(23)22-14-9-10-16(20)17(21)11-14/h5-13H,4,21H2,1-3H3,(H,22,23). The summed E-state index contributed by atoms with van der Waals surface area (Å²) in [7, 11) is 0. The molecule has 2 aromatic rings. The van der Waals surface area contributed by atoms with Gasteiger partial charge >= 0.3 is 0 Å². The van der Waals surface area contributed by atoms with Crippen molar-refractivity contribution in [3.63, 3.8) is 0 Å². The second kappa shape index (κ2) is 8.06. The maximum atomic E-state index is 12.4. The molecule has 2 aromatic carbocycles. The van der Waals surface area contributed by atoms with Gasteiger partial charge in [-0.15, -0.1) is 0 Å². The van der Waals surface area contributed by atoms with Crippen LogP contribution in [-0.2, 0) is 4.79 Å². The van der Waals surface area contributed by atoms with Gasteiger partial charge in [-0.2, -0.15) is 0 Å². The molecule has 0 radical (unpaired) electrons. The molecule has 24 heavy (non-hydrogen) atoms. The van der Waals surface area contributed by atoms with Crippen molar-refractivity contribution in [3.8, 4) is 5.75 Å². The van der Waals surface area contributed by atoms with Crippen LogP contribution in [0.25, 0.3) is 0 Å². The zero-order valence-corrected chi connectivity index (χ0v) is 14.9. The first kappa shape index (κ1) is 18.1. The average Bonchev–Trinajstić information content (AvgIpc) is 2.58. The van der Waals surface area contributed by atoms with E-state index in [2.05, 4.69) is 19.2 Å². The van der Waals surface area contributed by atoms with E-state index < -0.39 is 6.10 Å². The quantitative estimate of drug-likeness (QED) is 0.735. The monoisotopic (exact) mass is 346 g/mol. The van der Waals surface area contributed by atoms with Gasteiger partial charge in [0.05, 0.1) is 10.7 Å². The SMILES string of the molecule is CCC(C)c1ccccc1OC(C)C(=O)Nc1ccc(Cl)c(N)c1. The average molecular weight is 347 g/mol. The Morgan fingerprint density at radius 1 is 1.25 bits per heavy atom. The molecule has 128 valence electrons. The molecular formula is C19H23ClN2O2. The number of amides is 1. The van der Waals surface area contributed by atoms with Crippen LogP contribution in [0.5, 0.6) is 5.75 Å². The van der Waals surface area contributed by atoms with Crippen LogP contribution in [0.15, 0.2) is 42.5 Å². The number of ether oxygens (including phenoxy) is 1. The molecule has 2 unspecified atom stereocenters. The lowest BCUT2D eigenvalue weighted by Crippen LogP contribution is -2.30. The van der Waals surface area contributed by atoms with Gasteiger partial charge in [0.2, 0.25) is 0 Å². The summed E-state index contributed by atoms with van der Waals surface area (Å²) in [6.45, 7) is 5.99. The van der Waals surface area contributed by atoms with Gasteiger partial charge < -0.3 is 15.8 Å². The highest BCUT2D eigenvalue weighted by Gasteiger charge is 2.18. The summed E-state index contributed by atoms with van der Waals surface area (Å²) in [5.41, 5.74) is 7.87. The molecule has 0 heterocycles. The maximum absolute atomic E-state index is 12.4. The van der Waals surface area contributed by atoms with Gasteiger partial charge in [0, 0.05) is 5.69 Å². The van der Waals surface area contributed by atoms with Crippen LogP contribution in [0.4, 0.5) is 11.4 Å². The predicted octanol–water partition coefficient (Wildman–Crippen LogP) is 4.84. The minimum Gasteiger partial charge on any atom is -0.481 e. The van der Waals surface area contributed by atoms with Crippen molar-refractivity contribution in [1.29, 1.82) is 0 Å². The molecule has 3 N–H and O–H groups in total. The van der Waals surface area contributed by atoms with Gasteiger partial charge in [0.25, 0.3) is 5.91 Å². The van der Waals surface area contributed by atoms with Crippen LogP contribution in [0, 0.1) is 0 Å². The van der Waals surface area contributed by atoms with Gasteiger partial charge in [-0.1, -0.05) is 43.6 Å². The fraction of sp³-hybridized carbons (Fsp3) is 0.316. The van der Waals surface area contributed by atoms with Crippen molar-refractivity contribution < 1.29 is 9.53 Å². The Kier molecular flexibility index (Phi) is 6.10. The third-order valence-corrected chi connectivity index (χ3v) is 4.34. The Morgan fingerprint density at radius 2 is 1.96 bits per heavy atom. The van der Waals surface area contributed by atoms with E-state index in [1.165, 1.54) is 0 Å². The number of rotatable bonds is 6. The number of anilines is 2. The normalized spacial score (nSPS) is 13.2. The zero-order valence-electron chi connectivity index (χ0n) is 14.2. The lowest BCUT2D eigenvalue weighted by molar-refractivity contribution is -0.122. The fourth-order valence-corrected chi connectivity index (χ4v) is 2.44. The first-order chi connectivity index (χ1) is 11.4. The first-order valence-corrected chi connectivity index (χ1v) is 8.41. The number of para-hydroxylation sites is 1. The number of benzene rings is 2.